The summed E-state index contributed by atoms with van der Waals surface area (Å²) in [4.78, 5) is 10.7. The van der Waals surface area contributed by atoms with Crippen LogP contribution in [0.1, 0.15) is 37.8 Å². The fourth-order valence-corrected chi connectivity index (χ4v) is 4.99. The van der Waals surface area contributed by atoms with Gasteiger partial charge >= 0.3 is 5.97 Å². The van der Waals surface area contributed by atoms with Gasteiger partial charge in [-0.1, -0.05) is 42.5 Å². The van der Waals surface area contributed by atoms with E-state index < -0.39 is 5.97 Å². The van der Waals surface area contributed by atoms with Crippen molar-refractivity contribution in [2.24, 2.45) is 11.8 Å². The number of hydrogen-bond acceptors (Lipinski definition) is 5. The zero-order valence-corrected chi connectivity index (χ0v) is 19.8. The number of phenolic OH excluding ortho intramolecular Hbond substituents is 1. The summed E-state index contributed by atoms with van der Waals surface area (Å²) < 4.78 is 7.41. The number of hydrogen-bond donors (Lipinski definition) is 2. The van der Waals surface area contributed by atoms with Crippen LogP contribution >= 0.6 is 0 Å². The molecule has 1 saturated carbocycles. The van der Waals surface area contributed by atoms with Gasteiger partial charge in [-0.05, 0) is 55.2 Å². The lowest BCUT2D eigenvalue weighted by Gasteiger charge is -2.28. The van der Waals surface area contributed by atoms with Gasteiger partial charge in [0.05, 0.1) is 24.1 Å². The summed E-state index contributed by atoms with van der Waals surface area (Å²) in [6.45, 7) is 1.03. The molecule has 0 aliphatic heterocycles. The first-order valence-electron chi connectivity index (χ1n) is 12.2. The summed E-state index contributed by atoms with van der Waals surface area (Å²) in [5.41, 5.74) is 4.79. The van der Waals surface area contributed by atoms with Gasteiger partial charge in [0.1, 0.15) is 12.4 Å². The first-order chi connectivity index (χ1) is 17.0. The van der Waals surface area contributed by atoms with Gasteiger partial charge in [-0.25, -0.2) is 4.79 Å². The van der Waals surface area contributed by atoms with Gasteiger partial charge in [-0.15, -0.1) is 0 Å². The van der Waals surface area contributed by atoms with E-state index in [9.17, 15) is 15.2 Å². The van der Waals surface area contributed by atoms with E-state index in [1.54, 1.807) is 12.1 Å². The molecule has 2 N–H and O–H groups in total. The van der Waals surface area contributed by atoms with E-state index in [-0.39, 0.29) is 12.4 Å². The molecular weight excluding hydrogens is 442 g/mol. The summed E-state index contributed by atoms with van der Waals surface area (Å²) >= 11 is 0. The molecule has 1 fully saturated rings. The Kier molecular flexibility index (Phi) is 8.17. The van der Waals surface area contributed by atoms with E-state index in [0.29, 0.717) is 31.3 Å². The third-order valence-corrected chi connectivity index (χ3v) is 6.66. The third kappa shape index (κ3) is 6.28. The molecule has 0 atom stereocenters. The van der Waals surface area contributed by atoms with Gasteiger partial charge in [0.15, 0.2) is 0 Å². The molecule has 0 amide bonds. The number of phenols is 1. The first kappa shape index (κ1) is 24.5. The first-order valence-corrected chi connectivity index (χ1v) is 12.2. The van der Waals surface area contributed by atoms with E-state index in [4.69, 9.17) is 14.9 Å². The second kappa shape index (κ2) is 11.7. The molecule has 1 aliphatic carbocycles. The number of aromatic nitrogens is 2. The lowest BCUT2D eigenvalue weighted by atomic mass is 9.82. The van der Waals surface area contributed by atoms with Gasteiger partial charge in [0, 0.05) is 30.5 Å². The maximum Gasteiger partial charge on any atom is 0.329 e. The average Bonchev–Trinajstić information content (AvgIpc) is 3.22. The van der Waals surface area contributed by atoms with E-state index in [2.05, 4.69) is 22.9 Å². The van der Waals surface area contributed by atoms with Crippen molar-refractivity contribution >= 4 is 5.97 Å². The van der Waals surface area contributed by atoms with E-state index in [1.165, 1.54) is 0 Å². The molecule has 1 aromatic heterocycles. The van der Waals surface area contributed by atoms with E-state index >= 15 is 0 Å². The number of nitriles is 1. The second-order valence-electron chi connectivity index (χ2n) is 9.22. The van der Waals surface area contributed by atoms with Crippen molar-refractivity contribution in [3.63, 3.8) is 0 Å². The number of nitrogens with zero attached hydrogens (tertiary/aromatic N) is 3. The Labute approximate surface area is 205 Å². The van der Waals surface area contributed by atoms with Crippen LogP contribution < -0.4 is 0 Å². The minimum Gasteiger partial charge on any atom is -0.508 e. The minimum atomic E-state index is -0.930. The predicted molar refractivity (Wildman–Crippen MR) is 133 cm³/mol. The Morgan fingerprint density at radius 1 is 1.06 bits per heavy atom. The van der Waals surface area contributed by atoms with Gasteiger partial charge in [-0.3, -0.25) is 4.68 Å². The van der Waals surface area contributed by atoms with Gasteiger partial charge in [0.2, 0.25) is 0 Å². The number of aryl methyl sites for hydroxylation is 1. The highest BCUT2D eigenvalue weighted by Gasteiger charge is 2.26. The zero-order chi connectivity index (χ0) is 24.6. The quantitative estimate of drug-likeness (QED) is 0.414. The largest absolute Gasteiger partial charge is 0.508 e. The molecule has 0 bridgehead atoms. The van der Waals surface area contributed by atoms with Crippen molar-refractivity contribution < 1.29 is 19.7 Å². The van der Waals surface area contributed by atoms with Crippen LogP contribution in [0.3, 0.4) is 0 Å². The lowest BCUT2D eigenvalue weighted by Crippen LogP contribution is -2.23. The van der Waals surface area contributed by atoms with E-state index in [0.717, 1.165) is 60.3 Å². The lowest BCUT2D eigenvalue weighted by molar-refractivity contribution is -0.142. The standard InChI is InChI=1S/C28H31N3O4/c29-15-5-10-25-27(23-8-4-9-24(32)16-23)28(22-6-2-1-3-7-22)31(30-25)17-20-11-13-21(14-12-20)18-35-19-26(33)34/h1-4,6-9,16,20-21,32H,5,10-14,17-19H2,(H,33,34). The van der Waals surface area contributed by atoms with Crippen LogP contribution in [0, 0.1) is 23.2 Å². The molecule has 7 heteroatoms. The van der Waals surface area contributed by atoms with Crippen LogP contribution in [0.2, 0.25) is 0 Å². The van der Waals surface area contributed by atoms with Crippen molar-refractivity contribution in [3.05, 3.63) is 60.3 Å². The second-order valence-corrected chi connectivity index (χ2v) is 9.22. The maximum absolute atomic E-state index is 10.7. The highest BCUT2D eigenvalue weighted by molar-refractivity contribution is 5.83. The van der Waals surface area contributed by atoms with Crippen LogP contribution in [0.5, 0.6) is 5.75 Å². The number of ether oxygens (including phenoxy) is 1. The Morgan fingerprint density at radius 3 is 2.46 bits per heavy atom. The molecule has 4 rings (SSSR count). The number of aromatic hydroxyl groups is 1. The van der Waals surface area contributed by atoms with Crippen LogP contribution in [0.25, 0.3) is 22.4 Å². The number of aliphatic carboxylic acids is 1. The highest BCUT2D eigenvalue weighted by atomic mass is 16.5. The number of benzene rings is 2. The zero-order valence-electron chi connectivity index (χ0n) is 19.8. The van der Waals surface area contributed by atoms with Crippen molar-refractivity contribution in [2.45, 2.75) is 45.1 Å². The summed E-state index contributed by atoms with van der Waals surface area (Å²) in [5.74, 6) is 0.115. The fourth-order valence-electron chi connectivity index (χ4n) is 4.99. The van der Waals surface area contributed by atoms with Crippen molar-refractivity contribution in [1.29, 1.82) is 5.26 Å². The Balaban J connectivity index is 1.62. The number of rotatable bonds is 10. The Morgan fingerprint density at radius 2 is 1.77 bits per heavy atom. The van der Waals surface area contributed by atoms with E-state index in [1.807, 2.05) is 30.3 Å². The predicted octanol–water partition coefficient (Wildman–Crippen LogP) is 5.29. The topological polar surface area (TPSA) is 108 Å². The molecular formula is C28H31N3O4. The summed E-state index contributed by atoms with van der Waals surface area (Å²) in [7, 11) is 0. The van der Waals surface area contributed by atoms with Gasteiger partial charge in [-0.2, -0.15) is 10.4 Å². The molecule has 7 nitrogen and oxygen atoms in total. The molecule has 0 spiro atoms. The maximum atomic E-state index is 10.7. The Hall–Kier alpha value is -3.63. The van der Waals surface area contributed by atoms with Gasteiger partial charge < -0.3 is 14.9 Å². The molecule has 2 aromatic carbocycles. The molecule has 182 valence electrons. The molecule has 0 saturated heterocycles. The minimum absolute atomic E-state index is 0.198. The third-order valence-electron chi connectivity index (χ3n) is 6.66. The summed E-state index contributed by atoms with van der Waals surface area (Å²) in [5, 5.41) is 33.2. The number of carboxylic acids is 1. The Bertz CT molecular complexity index is 1170. The van der Waals surface area contributed by atoms with Crippen LogP contribution in [-0.2, 0) is 22.5 Å². The number of carbonyl (C=O) groups is 1. The van der Waals surface area contributed by atoms with Crippen molar-refractivity contribution in [3.8, 4) is 34.2 Å². The number of carboxylic acid groups (broad SMARTS) is 1. The molecule has 1 heterocycles. The van der Waals surface area contributed by atoms with Crippen LogP contribution in [0.15, 0.2) is 54.6 Å². The van der Waals surface area contributed by atoms with Crippen molar-refractivity contribution in [1.82, 2.24) is 9.78 Å². The molecule has 0 unspecified atom stereocenters. The average molecular weight is 474 g/mol. The van der Waals surface area contributed by atoms with Crippen LogP contribution in [0.4, 0.5) is 0 Å². The van der Waals surface area contributed by atoms with Crippen LogP contribution in [-0.4, -0.2) is 39.2 Å². The van der Waals surface area contributed by atoms with Crippen molar-refractivity contribution in [2.75, 3.05) is 13.2 Å². The monoisotopic (exact) mass is 473 g/mol. The molecule has 3 aromatic rings. The normalized spacial score (nSPS) is 17.7. The fraction of sp³-hybridized carbons (Fsp3) is 0.393. The smallest absolute Gasteiger partial charge is 0.329 e. The van der Waals surface area contributed by atoms with Gasteiger partial charge in [0.25, 0.3) is 0 Å². The highest BCUT2D eigenvalue weighted by Crippen LogP contribution is 2.38. The summed E-state index contributed by atoms with van der Waals surface area (Å²) in [6, 6.07) is 19.6. The SMILES string of the molecule is N#CCCc1nn(CC2CCC(COCC(=O)O)CC2)c(-c2ccccc2)c1-c1cccc(O)c1. The molecule has 0 radical (unpaired) electrons. The summed E-state index contributed by atoms with van der Waals surface area (Å²) in [6.07, 6.45) is 4.99. The molecule has 1 aliphatic rings. The molecule has 35 heavy (non-hydrogen) atoms.